The normalized spacial score (nSPS) is 16.8. The number of hydrogen-bond donors (Lipinski definition) is 2. The fraction of sp³-hybridized carbons (Fsp3) is 0.500. The van der Waals surface area contributed by atoms with Gasteiger partial charge in [0.05, 0.1) is 19.8 Å². The monoisotopic (exact) mass is 322 g/mol. The van der Waals surface area contributed by atoms with E-state index in [1.807, 2.05) is 0 Å². The number of carboxylic acids is 1. The number of nitrogens with one attached hydrogen (secondary N) is 1. The first-order chi connectivity index (χ1) is 11.1. The number of carboxylic acid groups (broad SMARTS) is 1. The molecule has 0 aromatic heterocycles. The lowest BCUT2D eigenvalue weighted by Gasteiger charge is -2.23. The van der Waals surface area contributed by atoms with Crippen LogP contribution in [0.1, 0.15) is 12.8 Å². The van der Waals surface area contributed by atoms with Gasteiger partial charge in [-0.1, -0.05) is 0 Å². The Morgan fingerprint density at radius 1 is 1.35 bits per heavy atom. The van der Waals surface area contributed by atoms with Crippen LogP contribution in [0.3, 0.4) is 0 Å². The highest BCUT2D eigenvalue weighted by atomic mass is 16.5. The molecule has 7 heteroatoms. The number of benzene rings is 1. The van der Waals surface area contributed by atoms with Crippen LogP contribution in [0, 0.1) is 0 Å². The van der Waals surface area contributed by atoms with E-state index in [4.69, 9.17) is 14.6 Å². The first kappa shape index (κ1) is 17.1. The minimum absolute atomic E-state index is 0.0225. The number of amides is 1. The van der Waals surface area contributed by atoms with Crippen LogP contribution in [0.15, 0.2) is 24.3 Å². The van der Waals surface area contributed by atoms with E-state index < -0.39 is 5.97 Å². The largest absolute Gasteiger partial charge is 0.497 e. The fourth-order valence-electron chi connectivity index (χ4n) is 2.46. The Morgan fingerprint density at radius 3 is 2.65 bits per heavy atom. The molecule has 0 saturated carbocycles. The maximum Gasteiger partial charge on any atom is 0.323 e. The van der Waals surface area contributed by atoms with Crippen LogP contribution in [0.2, 0.25) is 0 Å². The molecule has 0 spiro atoms. The topological polar surface area (TPSA) is 88.1 Å². The summed E-state index contributed by atoms with van der Waals surface area (Å²) in [5.41, 5.74) is 0.653. The Labute approximate surface area is 135 Å². The van der Waals surface area contributed by atoms with E-state index in [9.17, 15) is 9.59 Å². The molecule has 1 aromatic rings. The van der Waals surface area contributed by atoms with E-state index >= 15 is 0 Å². The van der Waals surface area contributed by atoms with Crippen molar-refractivity contribution in [2.24, 2.45) is 0 Å². The van der Waals surface area contributed by atoms with Crippen molar-refractivity contribution in [3.8, 4) is 5.75 Å². The van der Waals surface area contributed by atoms with Crippen LogP contribution in [-0.4, -0.2) is 56.4 Å². The molecule has 1 saturated heterocycles. The number of carbonyl (C=O) groups is 2. The summed E-state index contributed by atoms with van der Waals surface area (Å²) < 4.78 is 10.5. The van der Waals surface area contributed by atoms with E-state index in [0.717, 1.165) is 19.4 Å². The Bertz CT molecular complexity index is 526. The number of aliphatic carboxylic acids is 1. The third-order valence-corrected chi connectivity index (χ3v) is 3.65. The Morgan fingerprint density at radius 2 is 2.09 bits per heavy atom. The van der Waals surface area contributed by atoms with Crippen LogP contribution in [0.4, 0.5) is 5.69 Å². The highest BCUT2D eigenvalue weighted by Gasteiger charge is 2.18. The molecule has 0 aliphatic carbocycles. The van der Waals surface area contributed by atoms with Crippen molar-refractivity contribution in [1.29, 1.82) is 0 Å². The van der Waals surface area contributed by atoms with Gasteiger partial charge in [-0.25, -0.2) is 0 Å². The molecule has 1 aliphatic rings. The third kappa shape index (κ3) is 5.45. The molecule has 126 valence electrons. The summed E-state index contributed by atoms with van der Waals surface area (Å²) in [5, 5.41) is 11.8. The number of hydrogen-bond acceptors (Lipinski definition) is 5. The van der Waals surface area contributed by atoms with Gasteiger partial charge in [-0.05, 0) is 37.1 Å². The Balaban J connectivity index is 1.93. The van der Waals surface area contributed by atoms with Crippen molar-refractivity contribution in [2.45, 2.75) is 18.9 Å². The molecule has 1 unspecified atom stereocenters. The molecule has 1 amide bonds. The van der Waals surface area contributed by atoms with Crippen molar-refractivity contribution < 1.29 is 24.2 Å². The summed E-state index contributed by atoms with van der Waals surface area (Å²) in [6, 6.07) is 6.92. The molecule has 1 aliphatic heterocycles. The standard InChI is InChI=1S/C16H22N2O5/c1-22-13-6-4-12(5-7-13)18(11-16(20)21)10-15(19)17-9-14-3-2-8-23-14/h4-7,14H,2-3,8-11H2,1H3,(H,17,19)(H,20,21). The van der Waals surface area contributed by atoms with Gasteiger partial charge in [0.2, 0.25) is 5.91 Å². The molecule has 1 heterocycles. The van der Waals surface area contributed by atoms with Gasteiger partial charge in [0.15, 0.2) is 0 Å². The van der Waals surface area contributed by atoms with Crippen LogP contribution in [0.5, 0.6) is 5.75 Å². The van der Waals surface area contributed by atoms with Gasteiger partial charge in [0.1, 0.15) is 12.3 Å². The van der Waals surface area contributed by atoms with Crippen molar-refractivity contribution in [3.05, 3.63) is 24.3 Å². The van der Waals surface area contributed by atoms with E-state index in [0.29, 0.717) is 18.0 Å². The highest BCUT2D eigenvalue weighted by Crippen LogP contribution is 2.19. The van der Waals surface area contributed by atoms with Crippen molar-refractivity contribution >= 4 is 17.6 Å². The maximum absolute atomic E-state index is 12.1. The number of anilines is 1. The van der Waals surface area contributed by atoms with Crippen LogP contribution in [-0.2, 0) is 14.3 Å². The zero-order valence-corrected chi connectivity index (χ0v) is 13.2. The molecule has 1 fully saturated rings. The SMILES string of the molecule is COc1ccc(N(CC(=O)O)CC(=O)NCC2CCCO2)cc1. The lowest BCUT2D eigenvalue weighted by Crippen LogP contribution is -2.42. The molecule has 0 bridgehead atoms. The Hall–Kier alpha value is -2.28. The summed E-state index contributed by atoms with van der Waals surface area (Å²) in [6.07, 6.45) is 2.02. The van der Waals surface area contributed by atoms with Gasteiger partial charge in [-0.2, -0.15) is 0 Å². The molecule has 0 radical (unpaired) electrons. The van der Waals surface area contributed by atoms with E-state index in [1.165, 1.54) is 4.90 Å². The van der Waals surface area contributed by atoms with Crippen LogP contribution < -0.4 is 15.0 Å². The second-order valence-corrected chi connectivity index (χ2v) is 5.39. The van der Waals surface area contributed by atoms with Crippen LogP contribution >= 0.6 is 0 Å². The van der Waals surface area contributed by atoms with Gasteiger partial charge in [-0.3, -0.25) is 9.59 Å². The van der Waals surface area contributed by atoms with Crippen molar-refractivity contribution in [3.63, 3.8) is 0 Å². The van der Waals surface area contributed by atoms with E-state index in [1.54, 1.807) is 31.4 Å². The van der Waals surface area contributed by atoms with Gasteiger partial charge in [-0.15, -0.1) is 0 Å². The summed E-state index contributed by atoms with van der Waals surface area (Å²) in [4.78, 5) is 24.6. The van der Waals surface area contributed by atoms with Gasteiger partial charge in [0.25, 0.3) is 0 Å². The second-order valence-electron chi connectivity index (χ2n) is 5.39. The Kier molecular flexibility index (Phi) is 6.22. The number of rotatable bonds is 8. The zero-order valence-electron chi connectivity index (χ0n) is 13.2. The summed E-state index contributed by atoms with van der Waals surface area (Å²) >= 11 is 0. The predicted molar refractivity (Wildman–Crippen MR) is 84.8 cm³/mol. The summed E-state index contributed by atoms with van der Waals surface area (Å²) in [6.45, 7) is 0.922. The van der Waals surface area contributed by atoms with Crippen molar-refractivity contribution in [1.82, 2.24) is 5.32 Å². The molecule has 1 atom stereocenters. The number of nitrogens with zero attached hydrogens (tertiary/aromatic N) is 1. The molecule has 2 N–H and O–H groups in total. The van der Waals surface area contributed by atoms with Gasteiger partial charge in [0, 0.05) is 18.8 Å². The molecular formula is C16H22N2O5. The van der Waals surface area contributed by atoms with Crippen molar-refractivity contribution in [2.75, 3.05) is 38.3 Å². The summed E-state index contributed by atoms with van der Waals surface area (Å²) in [7, 11) is 1.56. The average molecular weight is 322 g/mol. The van der Waals surface area contributed by atoms with Gasteiger partial charge < -0.3 is 24.8 Å². The molecule has 7 nitrogen and oxygen atoms in total. The molecule has 1 aromatic carbocycles. The van der Waals surface area contributed by atoms with Gasteiger partial charge >= 0.3 is 5.97 Å². The minimum Gasteiger partial charge on any atom is -0.497 e. The first-order valence-corrected chi connectivity index (χ1v) is 7.57. The fourth-order valence-corrected chi connectivity index (χ4v) is 2.46. The van der Waals surface area contributed by atoms with E-state index in [2.05, 4.69) is 5.32 Å². The number of carbonyl (C=O) groups excluding carboxylic acids is 1. The van der Waals surface area contributed by atoms with Crippen LogP contribution in [0.25, 0.3) is 0 Å². The lowest BCUT2D eigenvalue weighted by atomic mass is 10.2. The highest BCUT2D eigenvalue weighted by molar-refractivity contribution is 5.84. The van der Waals surface area contributed by atoms with E-state index in [-0.39, 0.29) is 25.1 Å². The lowest BCUT2D eigenvalue weighted by molar-refractivity contribution is -0.135. The quantitative estimate of drug-likeness (QED) is 0.739. The molecule has 2 rings (SSSR count). The minimum atomic E-state index is -0.993. The maximum atomic E-state index is 12.1. The first-order valence-electron chi connectivity index (χ1n) is 7.57. The zero-order chi connectivity index (χ0) is 16.7. The smallest absolute Gasteiger partial charge is 0.323 e. The second kappa shape index (κ2) is 8.38. The number of methoxy groups -OCH3 is 1. The predicted octanol–water partition coefficient (Wildman–Crippen LogP) is 0.881. The summed E-state index contributed by atoms with van der Waals surface area (Å²) in [5.74, 6) is -0.544. The third-order valence-electron chi connectivity index (χ3n) is 3.65. The number of ether oxygens (including phenoxy) is 2. The molecular weight excluding hydrogens is 300 g/mol. The average Bonchev–Trinajstić information content (AvgIpc) is 3.05. The molecule has 23 heavy (non-hydrogen) atoms.